The van der Waals surface area contributed by atoms with Gasteiger partial charge in [0.25, 0.3) is 0 Å². The molecule has 0 aliphatic rings. The minimum Gasteiger partial charge on any atom is -0.455 e. The summed E-state index contributed by atoms with van der Waals surface area (Å²) in [7, 11) is 0. The van der Waals surface area contributed by atoms with Crippen molar-refractivity contribution in [2.24, 2.45) is 0 Å². The minimum atomic E-state index is 0.857. The van der Waals surface area contributed by atoms with Gasteiger partial charge in [-0.3, -0.25) is 0 Å². The van der Waals surface area contributed by atoms with E-state index in [4.69, 9.17) is 4.42 Å². The van der Waals surface area contributed by atoms with Crippen molar-refractivity contribution in [1.29, 1.82) is 0 Å². The third kappa shape index (κ3) is 7.14. The van der Waals surface area contributed by atoms with Gasteiger partial charge in [0.05, 0.1) is 0 Å². The van der Waals surface area contributed by atoms with E-state index in [9.17, 15) is 0 Å². The molecule has 0 aliphatic carbocycles. The molecule has 0 saturated carbocycles. The molecule has 0 unspecified atom stereocenters. The maximum atomic E-state index is 6.70. The van der Waals surface area contributed by atoms with E-state index in [1.807, 2.05) is 6.07 Å². The molecule has 2 nitrogen and oxygen atoms in total. The highest BCUT2D eigenvalue weighted by Crippen LogP contribution is 2.44. The first-order chi connectivity index (χ1) is 30.7. The fourth-order valence-electron chi connectivity index (χ4n) is 8.71. The molecule has 11 rings (SSSR count). The van der Waals surface area contributed by atoms with E-state index in [1.54, 1.807) is 0 Å². The van der Waals surface area contributed by atoms with Gasteiger partial charge in [-0.15, -0.1) is 0 Å². The number of fused-ring (bicyclic) bond motifs is 2. The zero-order valence-corrected chi connectivity index (χ0v) is 34.0. The predicted molar refractivity (Wildman–Crippen MR) is 261 cm³/mol. The second kappa shape index (κ2) is 16.1. The lowest BCUT2D eigenvalue weighted by molar-refractivity contribution is 0.632. The van der Waals surface area contributed by atoms with Crippen LogP contribution in [0.1, 0.15) is 0 Å². The maximum absolute atomic E-state index is 6.70. The van der Waals surface area contributed by atoms with Gasteiger partial charge in [0.1, 0.15) is 11.3 Å². The first-order valence-corrected chi connectivity index (χ1v) is 21.2. The quantitative estimate of drug-likeness (QED) is 0.145. The van der Waals surface area contributed by atoms with E-state index in [0.717, 1.165) is 56.0 Å². The van der Waals surface area contributed by atoms with E-state index < -0.39 is 0 Å². The third-order valence-corrected chi connectivity index (χ3v) is 11.9. The molecule has 62 heavy (non-hydrogen) atoms. The molecule has 0 atom stereocenters. The summed E-state index contributed by atoms with van der Waals surface area (Å²) in [5, 5.41) is 3.59. The largest absolute Gasteiger partial charge is 0.455 e. The predicted octanol–water partition coefficient (Wildman–Crippen LogP) is 17.1. The summed E-state index contributed by atoms with van der Waals surface area (Å²) in [5.74, 6) is 0.857. The summed E-state index contributed by atoms with van der Waals surface area (Å²) >= 11 is 0. The number of nitrogens with zero attached hydrogens (tertiary/aromatic N) is 1. The molecule has 0 aliphatic heterocycles. The van der Waals surface area contributed by atoms with Crippen LogP contribution in [0.25, 0.3) is 88.7 Å². The smallest absolute Gasteiger partial charge is 0.143 e. The highest BCUT2D eigenvalue weighted by molar-refractivity contribution is 6.02. The van der Waals surface area contributed by atoms with Gasteiger partial charge in [0, 0.05) is 33.6 Å². The summed E-state index contributed by atoms with van der Waals surface area (Å²) in [6.07, 6.45) is 0. The van der Waals surface area contributed by atoms with E-state index in [-0.39, 0.29) is 0 Å². The molecule has 0 saturated heterocycles. The Labute approximate surface area is 362 Å². The Morgan fingerprint density at radius 2 is 0.710 bits per heavy atom. The first-order valence-electron chi connectivity index (χ1n) is 21.2. The average Bonchev–Trinajstić information content (AvgIpc) is 3.75. The molecule has 0 fully saturated rings. The standard InChI is InChI=1S/C60H41NO/c1-3-13-42(14-4-1)44-25-27-45(28-26-44)46-31-35-54(36-32-46)61(56-22-12-21-53(41-56)60-59(48-16-5-2-6-17-48)57-23-9-10-24-58(57)62-60)55-37-33-47(34-38-55)50-19-11-20-51(39-50)52-30-29-43-15-7-8-18-49(43)40-52/h1-41H. The van der Waals surface area contributed by atoms with Gasteiger partial charge in [-0.2, -0.15) is 0 Å². The van der Waals surface area contributed by atoms with Crippen molar-refractivity contribution in [2.75, 3.05) is 4.90 Å². The van der Waals surface area contributed by atoms with Crippen molar-refractivity contribution in [3.63, 3.8) is 0 Å². The second-order valence-electron chi connectivity index (χ2n) is 15.7. The molecule has 1 aromatic heterocycles. The van der Waals surface area contributed by atoms with Crippen LogP contribution in [-0.2, 0) is 0 Å². The van der Waals surface area contributed by atoms with Crippen LogP contribution >= 0.6 is 0 Å². The van der Waals surface area contributed by atoms with Crippen LogP contribution in [0.15, 0.2) is 253 Å². The minimum absolute atomic E-state index is 0.857. The van der Waals surface area contributed by atoms with Crippen LogP contribution in [0.2, 0.25) is 0 Å². The van der Waals surface area contributed by atoms with E-state index >= 15 is 0 Å². The molecule has 2 heteroatoms. The normalized spacial score (nSPS) is 11.2. The van der Waals surface area contributed by atoms with Gasteiger partial charge in [0.2, 0.25) is 0 Å². The van der Waals surface area contributed by atoms with Crippen LogP contribution in [0.3, 0.4) is 0 Å². The van der Waals surface area contributed by atoms with Gasteiger partial charge in [0.15, 0.2) is 0 Å². The van der Waals surface area contributed by atoms with Crippen LogP contribution in [-0.4, -0.2) is 0 Å². The molecule has 0 bridgehead atoms. The third-order valence-electron chi connectivity index (χ3n) is 11.9. The van der Waals surface area contributed by atoms with Crippen LogP contribution in [0, 0.1) is 0 Å². The highest BCUT2D eigenvalue weighted by Gasteiger charge is 2.20. The molecule has 0 spiro atoms. The number of hydrogen-bond donors (Lipinski definition) is 0. The fourth-order valence-corrected chi connectivity index (χ4v) is 8.71. The van der Waals surface area contributed by atoms with Gasteiger partial charge in [-0.05, 0) is 115 Å². The summed E-state index contributed by atoms with van der Waals surface area (Å²) in [5.41, 5.74) is 16.8. The molecule has 1 heterocycles. The molecule has 10 aromatic carbocycles. The van der Waals surface area contributed by atoms with Gasteiger partial charge in [-0.25, -0.2) is 0 Å². The second-order valence-corrected chi connectivity index (χ2v) is 15.7. The highest BCUT2D eigenvalue weighted by atomic mass is 16.3. The van der Waals surface area contributed by atoms with Crippen LogP contribution < -0.4 is 4.90 Å². The van der Waals surface area contributed by atoms with E-state index in [2.05, 4.69) is 248 Å². The Morgan fingerprint density at radius 3 is 1.39 bits per heavy atom. The van der Waals surface area contributed by atoms with Crippen LogP contribution in [0.4, 0.5) is 17.1 Å². The van der Waals surface area contributed by atoms with Crippen molar-refractivity contribution < 1.29 is 4.42 Å². The Balaban J connectivity index is 0.978. The number of anilines is 3. The zero-order chi connectivity index (χ0) is 41.2. The number of furan rings is 1. The fraction of sp³-hybridized carbons (Fsp3) is 0. The lowest BCUT2D eigenvalue weighted by Crippen LogP contribution is -2.10. The monoisotopic (exact) mass is 791 g/mol. The van der Waals surface area contributed by atoms with Gasteiger partial charge >= 0.3 is 0 Å². The van der Waals surface area contributed by atoms with E-state index in [1.165, 1.54) is 49.7 Å². The molecule has 0 radical (unpaired) electrons. The summed E-state index contributed by atoms with van der Waals surface area (Å²) < 4.78 is 6.70. The Kier molecular flexibility index (Phi) is 9.57. The van der Waals surface area contributed by atoms with Crippen molar-refractivity contribution in [2.45, 2.75) is 0 Å². The van der Waals surface area contributed by atoms with Gasteiger partial charge in [-0.1, -0.05) is 194 Å². The van der Waals surface area contributed by atoms with Crippen molar-refractivity contribution in [3.8, 4) is 67.0 Å². The van der Waals surface area contributed by atoms with Crippen molar-refractivity contribution in [1.82, 2.24) is 0 Å². The SMILES string of the molecule is c1ccc(-c2ccc(-c3ccc(N(c4ccc(-c5cccc(-c6ccc7ccccc7c6)c5)cc4)c4cccc(-c5oc6ccccc6c5-c5ccccc5)c4)cc3)cc2)cc1. The average molecular weight is 792 g/mol. The number of hydrogen-bond acceptors (Lipinski definition) is 2. The maximum Gasteiger partial charge on any atom is 0.143 e. The molecular formula is C60H41NO. The van der Waals surface area contributed by atoms with Crippen molar-refractivity contribution >= 4 is 38.8 Å². The Morgan fingerprint density at radius 1 is 0.258 bits per heavy atom. The molecule has 292 valence electrons. The summed E-state index contributed by atoms with van der Waals surface area (Å²) in [4.78, 5) is 2.34. The summed E-state index contributed by atoms with van der Waals surface area (Å²) in [6, 6.07) is 88.9. The Hall–Kier alpha value is -8.20. The van der Waals surface area contributed by atoms with Crippen LogP contribution in [0.5, 0.6) is 0 Å². The molecule has 11 aromatic rings. The zero-order valence-electron chi connectivity index (χ0n) is 34.0. The van der Waals surface area contributed by atoms with Gasteiger partial charge < -0.3 is 9.32 Å². The molecule has 0 N–H and O–H groups in total. The molecule has 0 amide bonds. The first kappa shape index (κ1) is 36.8. The number of rotatable bonds is 9. The summed E-state index contributed by atoms with van der Waals surface area (Å²) in [6.45, 7) is 0. The number of para-hydroxylation sites is 1. The molecular weight excluding hydrogens is 751 g/mol. The van der Waals surface area contributed by atoms with Crippen molar-refractivity contribution in [3.05, 3.63) is 249 Å². The van der Waals surface area contributed by atoms with E-state index in [0.29, 0.717) is 0 Å². The topological polar surface area (TPSA) is 16.4 Å². The Bertz CT molecular complexity index is 3310. The number of benzene rings is 10. The lowest BCUT2D eigenvalue weighted by Gasteiger charge is -2.26. The lowest BCUT2D eigenvalue weighted by atomic mass is 9.97.